The second-order valence-corrected chi connectivity index (χ2v) is 10.0. The van der Waals surface area contributed by atoms with E-state index >= 15 is 0 Å². The number of carbonyl (C=O) groups is 3. The van der Waals surface area contributed by atoms with Gasteiger partial charge in [0, 0.05) is 12.3 Å². The fraction of sp³-hybridized carbons (Fsp3) is 0.444. The maximum atomic E-state index is 12.6. The van der Waals surface area contributed by atoms with Crippen LogP contribution in [0.3, 0.4) is 0 Å². The number of hydrogen-bond donors (Lipinski definition) is 3. The molecule has 0 spiro atoms. The molecule has 200 valence electrons. The van der Waals surface area contributed by atoms with Gasteiger partial charge < -0.3 is 29.5 Å². The van der Waals surface area contributed by atoms with Gasteiger partial charge in [-0.1, -0.05) is 25.1 Å². The van der Waals surface area contributed by atoms with E-state index < -0.39 is 41.4 Å². The van der Waals surface area contributed by atoms with Gasteiger partial charge in [-0.2, -0.15) is 0 Å². The van der Waals surface area contributed by atoms with Crippen molar-refractivity contribution in [2.75, 3.05) is 19.0 Å². The van der Waals surface area contributed by atoms with E-state index in [1.54, 1.807) is 12.1 Å². The normalized spacial score (nSPS) is 20.8. The summed E-state index contributed by atoms with van der Waals surface area (Å²) in [6.07, 6.45) is -1.72. The first-order chi connectivity index (χ1) is 17.8. The highest BCUT2D eigenvalue weighted by Gasteiger charge is 2.42. The summed E-state index contributed by atoms with van der Waals surface area (Å²) in [6, 6.07) is 14.6. The first kappa shape index (κ1) is 28.6. The van der Waals surface area contributed by atoms with Crippen LogP contribution < -0.4 is 9.47 Å². The lowest BCUT2D eigenvalue weighted by molar-refractivity contribution is -0.133. The molecule has 10 heteroatoms. The van der Waals surface area contributed by atoms with Gasteiger partial charge in [-0.3, -0.25) is 9.59 Å². The average molecular weight is 533 g/mol. The number of ether oxygens (including phenoxy) is 3. The summed E-state index contributed by atoms with van der Waals surface area (Å²) in [6.45, 7) is 1.78. The number of carboxylic acid groups (broad SMARTS) is 1. The number of para-hydroxylation sites is 1. The van der Waals surface area contributed by atoms with Crippen LogP contribution >= 0.6 is 11.8 Å². The maximum absolute atomic E-state index is 12.6. The van der Waals surface area contributed by atoms with E-state index in [4.69, 9.17) is 19.3 Å². The highest BCUT2D eigenvalue weighted by molar-refractivity contribution is 8.00. The Morgan fingerprint density at radius 1 is 1.05 bits per heavy atom. The SMILES string of the molecule is CCC(SCCC1C(=O)CC(O)C1OCC(O)COc1ccccc1)C(=O)Oc1ccc(C(=O)O)cc1. The molecule has 3 N–H and O–H groups in total. The second kappa shape index (κ2) is 14.1. The summed E-state index contributed by atoms with van der Waals surface area (Å²) in [7, 11) is 0. The van der Waals surface area contributed by atoms with E-state index in [-0.39, 0.29) is 36.7 Å². The van der Waals surface area contributed by atoms with Crippen molar-refractivity contribution >= 4 is 29.5 Å². The van der Waals surface area contributed by atoms with Gasteiger partial charge in [-0.05, 0) is 55.0 Å². The Morgan fingerprint density at radius 2 is 1.76 bits per heavy atom. The molecule has 0 amide bonds. The van der Waals surface area contributed by atoms with Crippen molar-refractivity contribution in [3.8, 4) is 11.5 Å². The van der Waals surface area contributed by atoms with Crippen LogP contribution in [0.5, 0.6) is 11.5 Å². The first-order valence-corrected chi connectivity index (χ1v) is 13.2. The van der Waals surface area contributed by atoms with Crippen molar-refractivity contribution in [1.29, 1.82) is 0 Å². The number of aliphatic hydroxyl groups excluding tert-OH is 2. The molecule has 0 aliphatic heterocycles. The lowest BCUT2D eigenvalue weighted by Crippen LogP contribution is -2.35. The zero-order valence-corrected chi connectivity index (χ0v) is 21.3. The summed E-state index contributed by atoms with van der Waals surface area (Å²) >= 11 is 1.35. The Kier molecular flexibility index (Phi) is 10.9. The van der Waals surface area contributed by atoms with Crippen LogP contribution in [0.15, 0.2) is 54.6 Å². The van der Waals surface area contributed by atoms with E-state index in [0.29, 0.717) is 24.3 Å². The molecule has 0 saturated heterocycles. The van der Waals surface area contributed by atoms with Gasteiger partial charge in [0.25, 0.3) is 0 Å². The van der Waals surface area contributed by atoms with Gasteiger partial charge in [-0.25, -0.2) is 4.79 Å². The molecule has 1 aliphatic carbocycles. The number of aliphatic hydroxyl groups is 2. The van der Waals surface area contributed by atoms with Crippen molar-refractivity contribution < 1.29 is 43.9 Å². The number of ketones is 1. The lowest BCUT2D eigenvalue weighted by Gasteiger charge is -2.23. The molecule has 3 rings (SSSR count). The van der Waals surface area contributed by atoms with Gasteiger partial charge in [0.15, 0.2) is 0 Å². The summed E-state index contributed by atoms with van der Waals surface area (Å²) < 4.78 is 16.6. The zero-order chi connectivity index (χ0) is 26.8. The highest BCUT2D eigenvalue weighted by atomic mass is 32.2. The molecule has 9 nitrogen and oxygen atoms in total. The van der Waals surface area contributed by atoms with E-state index in [0.717, 1.165) is 0 Å². The van der Waals surface area contributed by atoms with Crippen molar-refractivity contribution in [3.63, 3.8) is 0 Å². The molecule has 1 fully saturated rings. The molecular formula is C27H32O9S. The summed E-state index contributed by atoms with van der Waals surface area (Å²) in [5.74, 6) is -0.829. The Labute approximate surface area is 219 Å². The van der Waals surface area contributed by atoms with Crippen LogP contribution in [0.1, 0.15) is 36.5 Å². The van der Waals surface area contributed by atoms with E-state index in [2.05, 4.69) is 0 Å². The van der Waals surface area contributed by atoms with E-state index in [1.165, 1.54) is 36.0 Å². The first-order valence-electron chi connectivity index (χ1n) is 12.1. The van der Waals surface area contributed by atoms with Gasteiger partial charge in [0.1, 0.15) is 35.2 Å². The molecule has 1 saturated carbocycles. The minimum atomic E-state index is -1.07. The number of Topliss-reactive ketones (excluding diaryl/α,β-unsaturated/α-hetero) is 1. The van der Waals surface area contributed by atoms with Crippen molar-refractivity contribution in [2.45, 2.75) is 49.7 Å². The molecule has 0 radical (unpaired) electrons. The Balaban J connectivity index is 1.45. The number of aromatic carboxylic acids is 1. The summed E-state index contributed by atoms with van der Waals surface area (Å²) in [4.78, 5) is 36.0. The minimum Gasteiger partial charge on any atom is -0.491 e. The fourth-order valence-electron chi connectivity index (χ4n) is 3.99. The smallest absolute Gasteiger partial charge is 0.335 e. The molecular weight excluding hydrogens is 500 g/mol. The fourth-order valence-corrected chi connectivity index (χ4v) is 5.09. The van der Waals surface area contributed by atoms with Gasteiger partial charge >= 0.3 is 11.9 Å². The van der Waals surface area contributed by atoms with Crippen molar-refractivity contribution in [2.24, 2.45) is 5.92 Å². The third-order valence-electron chi connectivity index (χ3n) is 5.97. The average Bonchev–Trinajstić information content (AvgIpc) is 3.16. The molecule has 0 heterocycles. The predicted octanol–water partition coefficient (Wildman–Crippen LogP) is 2.97. The van der Waals surface area contributed by atoms with Gasteiger partial charge in [0.05, 0.1) is 24.4 Å². The molecule has 2 aromatic carbocycles. The van der Waals surface area contributed by atoms with E-state index in [1.807, 2.05) is 25.1 Å². The Morgan fingerprint density at radius 3 is 2.41 bits per heavy atom. The quantitative estimate of drug-likeness (QED) is 0.246. The van der Waals surface area contributed by atoms with Gasteiger partial charge in [-0.15, -0.1) is 11.8 Å². The third kappa shape index (κ3) is 8.57. The Hall–Kier alpha value is -2.92. The van der Waals surface area contributed by atoms with Crippen molar-refractivity contribution in [3.05, 3.63) is 60.2 Å². The molecule has 2 aromatic rings. The number of benzene rings is 2. The van der Waals surface area contributed by atoms with Crippen LogP contribution in [-0.2, 0) is 14.3 Å². The molecule has 5 atom stereocenters. The molecule has 37 heavy (non-hydrogen) atoms. The second-order valence-electron chi connectivity index (χ2n) is 8.73. The number of hydrogen-bond acceptors (Lipinski definition) is 9. The number of carboxylic acids is 1. The third-order valence-corrected chi connectivity index (χ3v) is 7.37. The number of esters is 1. The molecule has 0 bridgehead atoms. The van der Waals surface area contributed by atoms with Crippen LogP contribution in [0.2, 0.25) is 0 Å². The summed E-state index contributed by atoms with van der Waals surface area (Å²) in [5, 5.41) is 29.0. The van der Waals surface area contributed by atoms with Crippen LogP contribution in [-0.4, -0.2) is 75.6 Å². The number of rotatable bonds is 14. The maximum Gasteiger partial charge on any atom is 0.335 e. The summed E-state index contributed by atoms with van der Waals surface area (Å²) in [5.41, 5.74) is 0.0950. The standard InChI is InChI=1S/C27H32O9S/c1-2-24(27(33)36-20-10-8-17(9-11-20)26(31)32)37-13-12-21-22(29)14-23(30)25(21)35-16-18(28)15-34-19-6-4-3-5-7-19/h3-11,18,21,23-25,28,30H,2,12-16H2,1H3,(H,31,32). The Bertz CT molecular complexity index is 1030. The monoisotopic (exact) mass is 532 g/mol. The number of carbonyl (C=O) groups excluding carboxylic acids is 2. The topological polar surface area (TPSA) is 140 Å². The van der Waals surface area contributed by atoms with Crippen molar-refractivity contribution in [1.82, 2.24) is 0 Å². The molecule has 5 unspecified atom stereocenters. The largest absolute Gasteiger partial charge is 0.491 e. The minimum absolute atomic E-state index is 0.0117. The lowest BCUT2D eigenvalue weighted by atomic mass is 10.0. The molecule has 1 aliphatic rings. The van der Waals surface area contributed by atoms with Crippen LogP contribution in [0, 0.1) is 5.92 Å². The highest BCUT2D eigenvalue weighted by Crippen LogP contribution is 2.31. The van der Waals surface area contributed by atoms with Crippen LogP contribution in [0.4, 0.5) is 0 Å². The van der Waals surface area contributed by atoms with Crippen LogP contribution in [0.25, 0.3) is 0 Å². The zero-order valence-electron chi connectivity index (χ0n) is 20.5. The van der Waals surface area contributed by atoms with E-state index in [9.17, 15) is 24.6 Å². The predicted molar refractivity (Wildman–Crippen MR) is 137 cm³/mol. The molecule has 0 aromatic heterocycles. The van der Waals surface area contributed by atoms with Gasteiger partial charge in [0.2, 0.25) is 0 Å². The number of thioether (sulfide) groups is 1.